The van der Waals surface area contributed by atoms with Crippen LogP contribution in [0, 0.1) is 0 Å². The summed E-state index contributed by atoms with van der Waals surface area (Å²) in [5.74, 6) is 0. The SMILES string of the molecule is CCCCCCCCCC[N+](C)(C)COC1CCCCC1. The van der Waals surface area contributed by atoms with Crippen molar-refractivity contribution in [2.45, 2.75) is 96.5 Å². The van der Waals surface area contributed by atoms with Gasteiger partial charge in [0, 0.05) is 0 Å². The molecule has 0 aromatic carbocycles. The molecule has 0 aromatic rings. The highest BCUT2D eigenvalue weighted by atomic mass is 16.5. The summed E-state index contributed by atoms with van der Waals surface area (Å²) in [6.45, 7) is 4.46. The maximum Gasteiger partial charge on any atom is 0.183 e. The second-order valence-electron chi connectivity index (χ2n) is 7.69. The van der Waals surface area contributed by atoms with Crippen LogP contribution < -0.4 is 0 Å². The summed E-state index contributed by atoms with van der Waals surface area (Å²) >= 11 is 0. The molecule has 0 atom stereocenters. The van der Waals surface area contributed by atoms with Crippen LogP contribution in [0.3, 0.4) is 0 Å². The third-order valence-electron chi connectivity index (χ3n) is 4.83. The Labute approximate surface area is 133 Å². The van der Waals surface area contributed by atoms with Crippen LogP contribution in [0.5, 0.6) is 0 Å². The molecule has 0 spiro atoms. The van der Waals surface area contributed by atoms with Crippen LogP contribution in [0.25, 0.3) is 0 Å². The quantitative estimate of drug-likeness (QED) is 0.262. The molecular formula is C19H40NO+. The number of rotatable bonds is 12. The number of hydrogen-bond acceptors (Lipinski definition) is 1. The summed E-state index contributed by atoms with van der Waals surface area (Å²) in [5.41, 5.74) is 0. The average molecular weight is 299 g/mol. The Kier molecular flexibility index (Phi) is 10.4. The van der Waals surface area contributed by atoms with Crippen molar-refractivity contribution in [3.05, 3.63) is 0 Å². The lowest BCUT2D eigenvalue weighted by molar-refractivity contribution is -0.910. The summed E-state index contributed by atoms with van der Waals surface area (Å²) in [6, 6.07) is 0. The van der Waals surface area contributed by atoms with E-state index in [1.165, 1.54) is 90.0 Å². The summed E-state index contributed by atoms with van der Waals surface area (Å²) < 4.78 is 7.18. The number of ether oxygens (including phenoxy) is 1. The van der Waals surface area contributed by atoms with Crippen molar-refractivity contribution in [2.24, 2.45) is 0 Å². The first-order valence-electron chi connectivity index (χ1n) is 9.57. The summed E-state index contributed by atoms with van der Waals surface area (Å²) in [4.78, 5) is 0. The van der Waals surface area contributed by atoms with Gasteiger partial charge in [0.15, 0.2) is 6.73 Å². The van der Waals surface area contributed by atoms with E-state index in [2.05, 4.69) is 21.0 Å². The molecule has 1 aliphatic rings. The van der Waals surface area contributed by atoms with Gasteiger partial charge < -0.3 is 9.22 Å². The highest BCUT2D eigenvalue weighted by Crippen LogP contribution is 2.21. The second kappa shape index (κ2) is 11.5. The van der Waals surface area contributed by atoms with Gasteiger partial charge >= 0.3 is 0 Å². The molecule has 0 aromatic heterocycles. The normalized spacial score (nSPS) is 17.3. The fourth-order valence-electron chi connectivity index (χ4n) is 3.28. The Morgan fingerprint density at radius 2 is 1.38 bits per heavy atom. The van der Waals surface area contributed by atoms with Crippen LogP contribution in [0.15, 0.2) is 0 Å². The monoisotopic (exact) mass is 298 g/mol. The Balaban J connectivity index is 1.96. The molecule has 2 heteroatoms. The van der Waals surface area contributed by atoms with Gasteiger partial charge in [-0.05, 0) is 25.7 Å². The minimum absolute atomic E-state index is 0.551. The molecule has 1 rings (SSSR count). The fraction of sp³-hybridized carbons (Fsp3) is 1.00. The first kappa shape index (κ1) is 19.0. The molecule has 0 radical (unpaired) electrons. The third-order valence-corrected chi connectivity index (χ3v) is 4.83. The Bertz CT molecular complexity index is 234. The number of quaternary nitrogens is 1. The predicted molar refractivity (Wildman–Crippen MR) is 92.4 cm³/mol. The minimum atomic E-state index is 0.551. The average Bonchev–Trinajstić information content (AvgIpc) is 2.49. The van der Waals surface area contributed by atoms with Crippen LogP contribution >= 0.6 is 0 Å². The molecule has 0 heterocycles. The Morgan fingerprint density at radius 1 is 0.810 bits per heavy atom. The predicted octanol–water partition coefficient (Wildman–Crippen LogP) is 5.51. The Hall–Kier alpha value is -0.0800. The molecule has 0 saturated heterocycles. The third kappa shape index (κ3) is 10.3. The van der Waals surface area contributed by atoms with E-state index in [1.54, 1.807) is 0 Å². The summed E-state index contributed by atoms with van der Waals surface area (Å²) in [5, 5.41) is 0. The zero-order chi connectivity index (χ0) is 15.4. The first-order valence-corrected chi connectivity index (χ1v) is 9.57. The molecule has 0 bridgehead atoms. The fourth-order valence-corrected chi connectivity index (χ4v) is 3.28. The second-order valence-corrected chi connectivity index (χ2v) is 7.69. The maximum atomic E-state index is 6.14. The highest BCUT2D eigenvalue weighted by molar-refractivity contribution is 4.64. The molecule has 1 saturated carbocycles. The molecule has 2 nitrogen and oxygen atoms in total. The van der Waals surface area contributed by atoms with E-state index in [9.17, 15) is 0 Å². The molecule has 0 aliphatic heterocycles. The molecule has 21 heavy (non-hydrogen) atoms. The van der Waals surface area contributed by atoms with Crippen LogP contribution in [0.1, 0.15) is 90.4 Å². The zero-order valence-corrected chi connectivity index (χ0v) is 15.0. The Morgan fingerprint density at radius 3 is 2.00 bits per heavy atom. The van der Waals surface area contributed by atoms with E-state index >= 15 is 0 Å². The van der Waals surface area contributed by atoms with Crippen LogP contribution in [0.4, 0.5) is 0 Å². The first-order chi connectivity index (χ1) is 10.1. The number of hydrogen-bond donors (Lipinski definition) is 0. The van der Waals surface area contributed by atoms with Crippen molar-refractivity contribution in [3.8, 4) is 0 Å². The van der Waals surface area contributed by atoms with Gasteiger partial charge in [-0.15, -0.1) is 0 Å². The highest BCUT2D eigenvalue weighted by Gasteiger charge is 2.19. The standard InChI is InChI=1S/C19H40NO/c1-4-5-6-7-8-9-10-14-17-20(2,3)18-21-19-15-12-11-13-16-19/h19H,4-18H2,1-3H3/q+1. The molecule has 0 unspecified atom stereocenters. The molecular weight excluding hydrogens is 258 g/mol. The van der Waals surface area contributed by atoms with Crippen LogP contribution in [0.2, 0.25) is 0 Å². The lowest BCUT2D eigenvalue weighted by Gasteiger charge is -2.32. The van der Waals surface area contributed by atoms with Crippen molar-refractivity contribution in [2.75, 3.05) is 27.4 Å². The lowest BCUT2D eigenvalue weighted by Crippen LogP contribution is -2.43. The van der Waals surface area contributed by atoms with E-state index < -0.39 is 0 Å². The van der Waals surface area contributed by atoms with Crippen molar-refractivity contribution < 1.29 is 9.22 Å². The van der Waals surface area contributed by atoms with E-state index in [1.807, 2.05) is 0 Å². The van der Waals surface area contributed by atoms with E-state index in [4.69, 9.17) is 4.74 Å². The van der Waals surface area contributed by atoms with Crippen molar-refractivity contribution >= 4 is 0 Å². The van der Waals surface area contributed by atoms with Gasteiger partial charge in [0.05, 0.1) is 26.7 Å². The van der Waals surface area contributed by atoms with Gasteiger partial charge in [-0.1, -0.05) is 64.7 Å². The largest absolute Gasteiger partial charge is 0.328 e. The van der Waals surface area contributed by atoms with E-state index in [0.717, 1.165) is 11.2 Å². The number of unbranched alkanes of at least 4 members (excludes halogenated alkanes) is 7. The van der Waals surface area contributed by atoms with Gasteiger partial charge in [0.2, 0.25) is 0 Å². The van der Waals surface area contributed by atoms with Crippen LogP contribution in [-0.4, -0.2) is 38.0 Å². The molecule has 0 amide bonds. The van der Waals surface area contributed by atoms with E-state index in [0.29, 0.717) is 6.10 Å². The van der Waals surface area contributed by atoms with Crippen LogP contribution in [-0.2, 0) is 4.74 Å². The molecule has 126 valence electrons. The smallest absolute Gasteiger partial charge is 0.183 e. The van der Waals surface area contributed by atoms with Gasteiger partial charge in [-0.2, -0.15) is 0 Å². The van der Waals surface area contributed by atoms with Gasteiger partial charge in [-0.3, -0.25) is 0 Å². The molecule has 1 fully saturated rings. The van der Waals surface area contributed by atoms with E-state index in [-0.39, 0.29) is 0 Å². The lowest BCUT2D eigenvalue weighted by atomic mass is 9.98. The van der Waals surface area contributed by atoms with Crippen molar-refractivity contribution in [1.29, 1.82) is 0 Å². The van der Waals surface area contributed by atoms with Gasteiger partial charge in [-0.25, -0.2) is 0 Å². The van der Waals surface area contributed by atoms with Gasteiger partial charge in [0.1, 0.15) is 0 Å². The number of nitrogens with zero attached hydrogens (tertiary/aromatic N) is 1. The molecule has 1 aliphatic carbocycles. The summed E-state index contributed by atoms with van der Waals surface area (Å²) in [7, 11) is 4.65. The summed E-state index contributed by atoms with van der Waals surface area (Å²) in [6.07, 6.45) is 18.6. The van der Waals surface area contributed by atoms with Crippen molar-refractivity contribution in [3.63, 3.8) is 0 Å². The topological polar surface area (TPSA) is 9.23 Å². The zero-order valence-electron chi connectivity index (χ0n) is 15.0. The maximum absolute atomic E-state index is 6.14. The minimum Gasteiger partial charge on any atom is -0.328 e. The van der Waals surface area contributed by atoms with Gasteiger partial charge in [0.25, 0.3) is 0 Å². The van der Waals surface area contributed by atoms with Crippen molar-refractivity contribution in [1.82, 2.24) is 0 Å². The molecule has 0 N–H and O–H groups in total.